The highest BCUT2D eigenvalue weighted by Gasteiger charge is 2.22. The number of amides is 1. The first-order valence-corrected chi connectivity index (χ1v) is 10.6. The summed E-state index contributed by atoms with van der Waals surface area (Å²) >= 11 is 0. The van der Waals surface area contributed by atoms with Gasteiger partial charge in [0, 0.05) is 32.2 Å². The molecule has 3 aromatic rings. The minimum Gasteiger partial charge on any atom is -0.357 e. The molecule has 8 heteroatoms. The smallest absolute Gasteiger partial charge is 0.244 e. The average molecular weight is 398 g/mol. The van der Waals surface area contributed by atoms with Crippen molar-refractivity contribution in [2.75, 3.05) is 25.7 Å². The highest BCUT2D eigenvalue weighted by molar-refractivity contribution is 7.90. The second-order valence-electron chi connectivity index (χ2n) is 6.79. The summed E-state index contributed by atoms with van der Waals surface area (Å²) in [6.45, 7) is 0. The van der Waals surface area contributed by atoms with Crippen molar-refractivity contribution in [1.82, 2.24) is 14.9 Å². The molecule has 0 saturated heterocycles. The zero-order valence-electron chi connectivity index (χ0n) is 16.0. The summed E-state index contributed by atoms with van der Waals surface area (Å²) in [7, 11) is 0.0162. The molecule has 1 aromatic heterocycles. The van der Waals surface area contributed by atoms with Gasteiger partial charge in [-0.15, -0.1) is 0 Å². The molecule has 1 amide bonds. The SMILES string of the molecule is CN(C)C(=O)C(Cc1ccccc1)Nc1ncnc2ccc(S(C)(=O)=O)cc12. The minimum absolute atomic E-state index is 0.102. The van der Waals surface area contributed by atoms with Gasteiger partial charge >= 0.3 is 0 Å². The Labute approximate surface area is 164 Å². The van der Waals surface area contributed by atoms with E-state index in [2.05, 4.69) is 15.3 Å². The number of aromatic nitrogens is 2. The fourth-order valence-electron chi connectivity index (χ4n) is 2.91. The Hall–Kier alpha value is -3.00. The topological polar surface area (TPSA) is 92.3 Å². The standard InChI is InChI=1S/C20H22N4O3S/c1-24(2)20(25)18(11-14-7-5-4-6-8-14)23-19-16-12-15(28(3,26)27)9-10-17(16)21-13-22-19/h4-10,12-13,18H,11H2,1-3H3,(H,21,22,23). The van der Waals surface area contributed by atoms with Gasteiger partial charge in [0.25, 0.3) is 0 Å². The summed E-state index contributed by atoms with van der Waals surface area (Å²) in [5.41, 5.74) is 1.60. The van der Waals surface area contributed by atoms with Crippen LogP contribution in [0.25, 0.3) is 10.9 Å². The maximum atomic E-state index is 12.7. The lowest BCUT2D eigenvalue weighted by molar-refractivity contribution is -0.129. The first kappa shape index (κ1) is 19.8. The minimum atomic E-state index is -3.38. The molecule has 146 valence electrons. The number of nitrogens with zero attached hydrogens (tertiary/aromatic N) is 3. The molecule has 2 aromatic carbocycles. The Morgan fingerprint density at radius 3 is 2.46 bits per heavy atom. The van der Waals surface area contributed by atoms with E-state index in [1.54, 1.807) is 20.2 Å². The highest BCUT2D eigenvalue weighted by atomic mass is 32.2. The molecule has 0 radical (unpaired) electrons. The second-order valence-corrected chi connectivity index (χ2v) is 8.81. The number of benzene rings is 2. The molecule has 1 heterocycles. The summed E-state index contributed by atoms with van der Waals surface area (Å²) in [6.07, 6.45) is 3.01. The number of anilines is 1. The van der Waals surface area contributed by atoms with Gasteiger partial charge in [0.1, 0.15) is 18.2 Å². The van der Waals surface area contributed by atoms with E-state index in [0.717, 1.165) is 11.8 Å². The van der Waals surface area contributed by atoms with Crippen molar-refractivity contribution in [2.24, 2.45) is 0 Å². The second kappa shape index (κ2) is 7.93. The monoisotopic (exact) mass is 398 g/mol. The van der Waals surface area contributed by atoms with E-state index in [-0.39, 0.29) is 10.8 Å². The van der Waals surface area contributed by atoms with E-state index in [4.69, 9.17) is 0 Å². The maximum Gasteiger partial charge on any atom is 0.244 e. The Balaban J connectivity index is 2.02. The Morgan fingerprint density at radius 2 is 1.82 bits per heavy atom. The van der Waals surface area contributed by atoms with E-state index in [1.165, 1.54) is 23.4 Å². The first-order chi connectivity index (χ1) is 13.3. The average Bonchev–Trinajstić information content (AvgIpc) is 2.66. The van der Waals surface area contributed by atoms with Crippen molar-refractivity contribution in [3.8, 4) is 0 Å². The van der Waals surface area contributed by atoms with Crippen LogP contribution in [0.15, 0.2) is 59.8 Å². The largest absolute Gasteiger partial charge is 0.357 e. The number of rotatable bonds is 6. The van der Waals surface area contributed by atoms with Crippen LogP contribution >= 0.6 is 0 Å². The molecule has 0 aliphatic heterocycles. The van der Waals surface area contributed by atoms with E-state index in [1.807, 2.05) is 30.3 Å². The number of likely N-dealkylation sites (N-methyl/N-ethyl adjacent to an activating group) is 1. The zero-order chi connectivity index (χ0) is 20.3. The van der Waals surface area contributed by atoms with Crippen LogP contribution in [0.5, 0.6) is 0 Å². The first-order valence-electron chi connectivity index (χ1n) is 8.72. The zero-order valence-corrected chi connectivity index (χ0v) is 16.8. The van der Waals surface area contributed by atoms with Gasteiger partial charge in [0.2, 0.25) is 5.91 Å². The molecule has 28 heavy (non-hydrogen) atoms. The summed E-state index contributed by atoms with van der Waals surface area (Å²) in [6, 6.07) is 13.8. The van der Waals surface area contributed by atoms with E-state index in [0.29, 0.717) is 23.1 Å². The van der Waals surface area contributed by atoms with Crippen molar-refractivity contribution in [2.45, 2.75) is 17.4 Å². The molecule has 0 fully saturated rings. The predicted octanol–water partition coefficient (Wildman–Crippen LogP) is 2.14. The number of nitrogens with one attached hydrogen (secondary N) is 1. The van der Waals surface area contributed by atoms with Gasteiger partial charge in [-0.2, -0.15) is 0 Å². The Kier molecular flexibility index (Phi) is 5.60. The van der Waals surface area contributed by atoms with Crippen molar-refractivity contribution in [3.05, 3.63) is 60.4 Å². The quantitative estimate of drug-likeness (QED) is 0.684. The van der Waals surface area contributed by atoms with Crippen molar-refractivity contribution in [3.63, 3.8) is 0 Å². The fourth-order valence-corrected chi connectivity index (χ4v) is 3.56. The van der Waals surface area contributed by atoms with Gasteiger partial charge < -0.3 is 10.2 Å². The van der Waals surface area contributed by atoms with Crippen LogP contribution in [0.1, 0.15) is 5.56 Å². The van der Waals surface area contributed by atoms with Crippen LogP contribution in [-0.4, -0.2) is 55.6 Å². The van der Waals surface area contributed by atoms with E-state index in [9.17, 15) is 13.2 Å². The molecule has 1 atom stereocenters. The molecule has 0 spiro atoms. The summed E-state index contributed by atoms with van der Waals surface area (Å²) in [5, 5.41) is 3.74. The van der Waals surface area contributed by atoms with E-state index >= 15 is 0 Å². The molecule has 0 aliphatic carbocycles. The lowest BCUT2D eigenvalue weighted by Crippen LogP contribution is -2.40. The number of sulfone groups is 1. The summed E-state index contributed by atoms with van der Waals surface area (Å²) in [4.78, 5) is 22.9. The summed E-state index contributed by atoms with van der Waals surface area (Å²) < 4.78 is 23.9. The molecule has 0 aliphatic rings. The van der Waals surface area contributed by atoms with Gasteiger partial charge in [-0.3, -0.25) is 4.79 Å². The van der Waals surface area contributed by atoms with Crippen LogP contribution in [0, 0.1) is 0 Å². The van der Waals surface area contributed by atoms with Crippen molar-refractivity contribution in [1.29, 1.82) is 0 Å². The van der Waals surface area contributed by atoms with Gasteiger partial charge in [-0.1, -0.05) is 30.3 Å². The van der Waals surface area contributed by atoms with Crippen molar-refractivity contribution >= 4 is 32.5 Å². The fraction of sp³-hybridized carbons (Fsp3) is 0.250. The molecular formula is C20H22N4O3S. The molecule has 1 unspecified atom stereocenters. The Bertz CT molecular complexity index is 1100. The molecule has 3 rings (SSSR count). The normalized spacial score (nSPS) is 12.5. The van der Waals surface area contributed by atoms with Gasteiger partial charge in [-0.05, 0) is 23.8 Å². The predicted molar refractivity (Wildman–Crippen MR) is 109 cm³/mol. The summed E-state index contributed by atoms with van der Waals surface area (Å²) in [5.74, 6) is 0.321. The third-order valence-electron chi connectivity index (χ3n) is 4.37. The van der Waals surface area contributed by atoms with Crippen LogP contribution in [0.3, 0.4) is 0 Å². The van der Waals surface area contributed by atoms with Gasteiger partial charge in [0.05, 0.1) is 10.4 Å². The van der Waals surface area contributed by atoms with Gasteiger partial charge in [-0.25, -0.2) is 18.4 Å². The van der Waals surface area contributed by atoms with Crippen molar-refractivity contribution < 1.29 is 13.2 Å². The maximum absolute atomic E-state index is 12.7. The third kappa shape index (κ3) is 4.45. The molecule has 0 saturated carbocycles. The van der Waals surface area contributed by atoms with Crippen LogP contribution in [-0.2, 0) is 21.1 Å². The molecule has 7 nitrogen and oxygen atoms in total. The molecular weight excluding hydrogens is 376 g/mol. The number of fused-ring (bicyclic) bond motifs is 1. The third-order valence-corrected chi connectivity index (χ3v) is 5.48. The lowest BCUT2D eigenvalue weighted by atomic mass is 10.0. The highest BCUT2D eigenvalue weighted by Crippen LogP contribution is 2.24. The number of hydrogen-bond donors (Lipinski definition) is 1. The number of hydrogen-bond acceptors (Lipinski definition) is 6. The van der Waals surface area contributed by atoms with Gasteiger partial charge in [0.15, 0.2) is 9.84 Å². The van der Waals surface area contributed by atoms with Crippen LogP contribution in [0.4, 0.5) is 5.82 Å². The van der Waals surface area contributed by atoms with Crippen LogP contribution < -0.4 is 5.32 Å². The van der Waals surface area contributed by atoms with Crippen LogP contribution in [0.2, 0.25) is 0 Å². The number of carbonyl (C=O) groups is 1. The molecule has 1 N–H and O–H groups in total. The molecule has 0 bridgehead atoms. The number of carbonyl (C=O) groups excluding carboxylic acids is 1. The Morgan fingerprint density at radius 1 is 1.11 bits per heavy atom. The lowest BCUT2D eigenvalue weighted by Gasteiger charge is -2.23. The van der Waals surface area contributed by atoms with E-state index < -0.39 is 15.9 Å².